The number of hydrogen-bond acceptors (Lipinski definition) is 4. The summed E-state index contributed by atoms with van der Waals surface area (Å²) < 4.78 is 0. The lowest BCUT2D eigenvalue weighted by Crippen LogP contribution is -2.51. The van der Waals surface area contributed by atoms with Crippen LogP contribution in [0.15, 0.2) is 35.3 Å². The van der Waals surface area contributed by atoms with Gasteiger partial charge in [0.15, 0.2) is 5.96 Å². The van der Waals surface area contributed by atoms with Gasteiger partial charge in [0.2, 0.25) is 5.91 Å². The summed E-state index contributed by atoms with van der Waals surface area (Å²) in [6.07, 6.45) is 1.19. The third kappa shape index (κ3) is 9.60. The van der Waals surface area contributed by atoms with Crippen molar-refractivity contribution in [3.8, 4) is 0 Å². The van der Waals surface area contributed by atoms with Crippen LogP contribution >= 0.6 is 0 Å². The minimum atomic E-state index is -1.07. The van der Waals surface area contributed by atoms with Crippen LogP contribution < -0.4 is 22.1 Å². The number of rotatable bonds is 12. The average Bonchev–Trinajstić information content (AvgIpc) is 2.61. The molecule has 150 valence electrons. The maximum Gasteiger partial charge on any atom is 0.326 e. The molecule has 0 unspecified atom stereocenters. The van der Waals surface area contributed by atoms with E-state index in [0.717, 1.165) is 5.56 Å². The number of guanidine groups is 1. The molecule has 0 saturated carbocycles. The molecule has 0 aliphatic carbocycles. The van der Waals surface area contributed by atoms with Crippen LogP contribution in [0.1, 0.15) is 32.3 Å². The van der Waals surface area contributed by atoms with Gasteiger partial charge in [-0.25, -0.2) is 4.79 Å². The van der Waals surface area contributed by atoms with Gasteiger partial charge in [0.05, 0.1) is 6.04 Å². The van der Waals surface area contributed by atoms with Gasteiger partial charge in [-0.15, -0.1) is 0 Å². The lowest BCUT2D eigenvalue weighted by Gasteiger charge is -2.22. The topological polar surface area (TPSA) is 143 Å². The zero-order chi connectivity index (χ0) is 20.2. The Morgan fingerprint density at radius 3 is 2.37 bits per heavy atom. The zero-order valence-electron chi connectivity index (χ0n) is 16.0. The van der Waals surface area contributed by atoms with Gasteiger partial charge in [0.1, 0.15) is 6.04 Å². The predicted molar refractivity (Wildman–Crippen MR) is 106 cm³/mol. The second-order valence-electron chi connectivity index (χ2n) is 6.89. The molecule has 1 aromatic rings. The molecule has 8 nitrogen and oxygen atoms in total. The summed E-state index contributed by atoms with van der Waals surface area (Å²) in [6.45, 7) is 5.08. The van der Waals surface area contributed by atoms with E-state index < -0.39 is 18.1 Å². The van der Waals surface area contributed by atoms with E-state index in [0.29, 0.717) is 31.8 Å². The van der Waals surface area contributed by atoms with E-state index in [-0.39, 0.29) is 18.3 Å². The number of carboxylic acids is 1. The van der Waals surface area contributed by atoms with Gasteiger partial charge in [-0.1, -0.05) is 44.2 Å². The van der Waals surface area contributed by atoms with Gasteiger partial charge in [-0.05, 0) is 37.3 Å². The monoisotopic (exact) mass is 377 g/mol. The first-order chi connectivity index (χ1) is 12.8. The molecule has 0 fully saturated rings. The van der Waals surface area contributed by atoms with Crippen molar-refractivity contribution < 1.29 is 14.7 Å². The quantitative estimate of drug-likeness (QED) is 0.203. The van der Waals surface area contributed by atoms with Crippen molar-refractivity contribution in [2.24, 2.45) is 22.4 Å². The molecule has 8 heteroatoms. The normalized spacial score (nSPS) is 13.0. The number of carbonyl (C=O) groups excluding carboxylic acids is 1. The van der Waals surface area contributed by atoms with Crippen LogP contribution in [0, 0.1) is 5.92 Å². The van der Waals surface area contributed by atoms with Crippen LogP contribution in [0.3, 0.4) is 0 Å². The van der Waals surface area contributed by atoms with E-state index in [1.165, 1.54) is 0 Å². The number of aliphatic imine (C=N–C) groups is 1. The standard InChI is InChI=1S/C19H31N5O3/c1-13(2)12-23-16(11-14-7-4-3-5-8-14)17(25)24-15(18(26)27)9-6-10-22-19(20)21/h3-5,7-8,13,15-16,23H,6,9-12H2,1-2H3,(H,24,25)(H,26,27)(H4,20,21,22)/t15-,16+/m1/s1. The van der Waals surface area contributed by atoms with Crippen LogP contribution in [-0.2, 0) is 16.0 Å². The molecular weight excluding hydrogens is 346 g/mol. The summed E-state index contributed by atoms with van der Waals surface area (Å²) in [6, 6.07) is 8.15. The molecular formula is C19H31N5O3. The number of carbonyl (C=O) groups is 2. The Labute approximate surface area is 160 Å². The summed E-state index contributed by atoms with van der Waals surface area (Å²) in [5, 5.41) is 15.3. The van der Waals surface area contributed by atoms with Crippen LogP contribution in [0.5, 0.6) is 0 Å². The molecule has 0 radical (unpaired) electrons. The van der Waals surface area contributed by atoms with Crippen molar-refractivity contribution in [3.05, 3.63) is 35.9 Å². The Morgan fingerprint density at radius 2 is 1.81 bits per heavy atom. The average molecular weight is 377 g/mol. The van der Waals surface area contributed by atoms with Gasteiger partial charge in [-0.3, -0.25) is 9.79 Å². The molecule has 1 aromatic carbocycles. The Morgan fingerprint density at radius 1 is 1.15 bits per heavy atom. The summed E-state index contributed by atoms with van der Waals surface area (Å²) >= 11 is 0. The first kappa shape index (κ1) is 22.4. The second-order valence-corrected chi connectivity index (χ2v) is 6.89. The summed E-state index contributed by atoms with van der Waals surface area (Å²) in [7, 11) is 0. The molecule has 2 atom stereocenters. The van der Waals surface area contributed by atoms with Crippen LogP contribution in [0.4, 0.5) is 0 Å². The van der Waals surface area contributed by atoms with E-state index in [9.17, 15) is 14.7 Å². The molecule has 0 aliphatic heterocycles. The van der Waals surface area contributed by atoms with Gasteiger partial charge in [0, 0.05) is 6.54 Å². The van der Waals surface area contributed by atoms with Crippen LogP contribution in [0.2, 0.25) is 0 Å². The molecule has 0 bridgehead atoms. The minimum absolute atomic E-state index is 0.0354. The first-order valence-corrected chi connectivity index (χ1v) is 9.15. The predicted octanol–water partition coefficient (Wildman–Crippen LogP) is 0.466. The van der Waals surface area contributed by atoms with Crippen molar-refractivity contribution in [1.29, 1.82) is 0 Å². The number of aliphatic carboxylic acids is 1. The lowest BCUT2D eigenvalue weighted by molar-refractivity contribution is -0.142. The highest BCUT2D eigenvalue weighted by Gasteiger charge is 2.25. The highest BCUT2D eigenvalue weighted by molar-refractivity contribution is 5.87. The Hall–Kier alpha value is -2.61. The Bertz CT molecular complexity index is 615. The largest absolute Gasteiger partial charge is 0.480 e. The fraction of sp³-hybridized carbons (Fsp3) is 0.526. The van der Waals surface area contributed by atoms with Crippen molar-refractivity contribution in [2.75, 3.05) is 13.1 Å². The maximum absolute atomic E-state index is 12.7. The molecule has 0 aromatic heterocycles. The molecule has 27 heavy (non-hydrogen) atoms. The van der Waals surface area contributed by atoms with E-state index in [1.54, 1.807) is 0 Å². The van der Waals surface area contributed by atoms with E-state index in [4.69, 9.17) is 11.5 Å². The SMILES string of the molecule is CC(C)CN[C@@H](Cc1ccccc1)C(=O)N[C@H](CCCN=C(N)N)C(=O)O. The van der Waals surface area contributed by atoms with Crippen molar-refractivity contribution in [3.63, 3.8) is 0 Å². The number of hydrogen-bond donors (Lipinski definition) is 5. The lowest BCUT2D eigenvalue weighted by atomic mass is 10.0. The van der Waals surface area contributed by atoms with Crippen molar-refractivity contribution in [2.45, 2.75) is 45.2 Å². The van der Waals surface area contributed by atoms with Gasteiger partial charge < -0.3 is 27.2 Å². The number of nitrogens with two attached hydrogens (primary N) is 2. The number of carboxylic acid groups (broad SMARTS) is 1. The smallest absolute Gasteiger partial charge is 0.326 e. The maximum atomic E-state index is 12.7. The molecule has 7 N–H and O–H groups in total. The Kier molecular flexibility index (Phi) is 9.89. The highest BCUT2D eigenvalue weighted by atomic mass is 16.4. The molecule has 0 saturated heterocycles. The first-order valence-electron chi connectivity index (χ1n) is 9.15. The second kappa shape index (κ2) is 11.9. The van der Waals surface area contributed by atoms with Gasteiger partial charge in [-0.2, -0.15) is 0 Å². The van der Waals surface area contributed by atoms with Crippen LogP contribution in [-0.4, -0.2) is 48.1 Å². The van der Waals surface area contributed by atoms with Crippen molar-refractivity contribution >= 4 is 17.8 Å². The molecule has 0 spiro atoms. The van der Waals surface area contributed by atoms with Gasteiger partial charge >= 0.3 is 5.97 Å². The van der Waals surface area contributed by atoms with E-state index >= 15 is 0 Å². The van der Waals surface area contributed by atoms with Crippen molar-refractivity contribution in [1.82, 2.24) is 10.6 Å². The fourth-order valence-corrected chi connectivity index (χ4v) is 2.52. The molecule has 0 aliphatic rings. The number of nitrogens with zero attached hydrogens (tertiary/aromatic N) is 1. The number of nitrogens with one attached hydrogen (secondary N) is 2. The molecule has 1 rings (SSSR count). The summed E-state index contributed by atoms with van der Waals surface area (Å²) in [4.78, 5) is 28.0. The highest BCUT2D eigenvalue weighted by Crippen LogP contribution is 2.06. The zero-order valence-corrected chi connectivity index (χ0v) is 16.0. The molecule has 0 heterocycles. The number of benzene rings is 1. The van der Waals surface area contributed by atoms with E-state index in [1.807, 2.05) is 44.2 Å². The number of amides is 1. The van der Waals surface area contributed by atoms with Crippen LogP contribution in [0.25, 0.3) is 0 Å². The minimum Gasteiger partial charge on any atom is -0.480 e. The summed E-state index contributed by atoms with van der Waals surface area (Å²) in [5.41, 5.74) is 11.5. The Balaban J connectivity index is 2.72. The molecule has 1 amide bonds. The third-order valence-corrected chi connectivity index (χ3v) is 3.93. The summed E-state index contributed by atoms with van der Waals surface area (Å²) in [5.74, 6) is -1.07. The van der Waals surface area contributed by atoms with E-state index in [2.05, 4.69) is 15.6 Å². The fourth-order valence-electron chi connectivity index (χ4n) is 2.52. The van der Waals surface area contributed by atoms with Gasteiger partial charge in [0.25, 0.3) is 0 Å². The third-order valence-electron chi connectivity index (χ3n) is 3.93.